The van der Waals surface area contributed by atoms with E-state index in [9.17, 15) is 9.59 Å². The number of unbranched alkanes of at least 4 members (excludes halogenated alkanes) is 4. The maximum atomic E-state index is 12.5. The smallest absolute Gasteiger partial charge is 0.328 e. The number of nitrogens with one attached hydrogen (secondary N) is 1. The summed E-state index contributed by atoms with van der Waals surface area (Å²) in [5.41, 5.74) is 0.746. The van der Waals surface area contributed by atoms with E-state index in [4.69, 9.17) is 9.47 Å². The fourth-order valence-corrected chi connectivity index (χ4v) is 2.65. The lowest BCUT2D eigenvalue weighted by Crippen LogP contribution is -2.44. The van der Waals surface area contributed by atoms with Gasteiger partial charge in [-0.3, -0.25) is 4.79 Å². The third kappa shape index (κ3) is 7.52. The highest BCUT2D eigenvalue weighted by atomic mass is 16.5. The third-order valence-corrected chi connectivity index (χ3v) is 4.03. The van der Waals surface area contributed by atoms with Crippen LogP contribution < -0.4 is 5.32 Å². The molecule has 0 aliphatic carbocycles. The molecule has 0 saturated carbocycles. The average molecular weight is 347 g/mol. The normalized spacial score (nSPS) is 12.9. The summed E-state index contributed by atoms with van der Waals surface area (Å²) in [7, 11) is 2.81. The Labute approximate surface area is 150 Å². The van der Waals surface area contributed by atoms with Crippen molar-refractivity contribution in [1.29, 1.82) is 0 Å². The number of benzene rings is 1. The lowest BCUT2D eigenvalue weighted by molar-refractivity contribution is -0.147. The van der Waals surface area contributed by atoms with Gasteiger partial charge in [0.05, 0.1) is 7.11 Å². The second kappa shape index (κ2) is 12.3. The van der Waals surface area contributed by atoms with Crippen LogP contribution in [0.5, 0.6) is 0 Å². The Morgan fingerprint density at radius 3 is 2.40 bits per heavy atom. The van der Waals surface area contributed by atoms with Gasteiger partial charge >= 0.3 is 5.97 Å². The van der Waals surface area contributed by atoms with E-state index in [1.807, 2.05) is 36.4 Å². The number of carbonyl (C=O) groups is 2. The number of allylic oxidation sites excluding steroid dienone is 1. The first-order chi connectivity index (χ1) is 12.1. The molecule has 0 fully saturated rings. The summed E-state index contributed by atoms with van der Waals surface area (Å²) in [6.07, 6.45) is 6.75. The molecule has 1 aromatic rings. The van der Waals surface area contributed by atoms with Crippen LogP contribution in [0.4, 0.5) is 0 Å². The second-order valence-corrected chi connectivity index (χ2v) is 5.89. The molecule has 0 heterocycles. The fraction of sp³-hybridized carbons (Fsp3) is 0.500. The summed E-state index contributed by atoms with van der Waals surface area (Å²) in [6, 6.07) is 8.54. The Bertz CT molecular complexity index is 530. The van der Waals surface area contributed by atoms with Gasteiger partial charge in [0, 0.05) is 7.11 Å². The number of hydrogen-bond donors (Lipinski definition) is 1. The molecule has 1 rings (SSSR count). The Balaban J connectivity index is 2.59. The van der Waals surface area contributed by atoms with Crippen LogP contribution in [0.2, 0.25) is 0 Å². The van der Waals surface area contributed by atoms with Crippen molar-refractivity contribution < 1.29 is 19.1 Å². The van der Waals surface area contributed by atoms with Gasteiger partial charge in [0.15, 0.2) is 6.10 Å². The third-order valence-electron chi connectivity index (χ3n) is 4.03. The van der Waals surface area contributed by atoms with Crippen molar-refractivity contribution in [3.63, 3.8) is 0 Å². The van der Waals surface area contributed by atoms with Gasteiger partial charge in [0.2, 0.25) is 0 Å². The molecule has 2 atom stereocenters. The van der Waals surface area contributed by atoms with Gasteiger partial charge in [-0.1, -0.05) is 55.7 Å². The highest BCUT2D eigenvalue weighted by Gasteiger charge is 2.26. The van der Waals surface area contributed by atoms with Gasteiger partial charge in [-0.2, -0.15) is 0 Å². The Morgan fingerprint density at radius 1 is 1.12 bits per heavy atom. The average Bonchev–Trinajstić information content (AvgIpc) is 2.64. The molecule has 0 unspecified atom stereocenters. The molecule has 1 N–H and O–H groups in total. The van der Waals surface area contributed by atoms with Gasteiger partial charge in [0.1, 0.15) is 6.04 Å². The van der Waals surface area contributed by atoms with Crippen LogP contribution in [-0.4, -0.2) is 32.1 Å². The molecule has 0 spiro atoms. The topological polar surface area (TPSA) is 64.6 Å². The van der Waals surface area contributed by atoms with Crippen molar-refractivity contribution in [1.82, 2.24) is 5.32 Å². The SMILES string of the molecule is C=CCCCCCC[C@@H](NC(=O)[C@@H](OC)c1ccccc1)C(=O)OC. The molecule has 0 saturated heterocycles. The van der Waals surface area contributed by atoms with E-state index >= 15 is 0 Å². The molecule has 0 aromatic heterocycles. The lowest BCUT2D eigenvalue weighted by Gasteiger charge is -2.21. The predicted octanol–water partition coefficient (Wildman–Crippen LogP) is 3.56. The van der Waals surface area contributed by atoms with Crippen molar-refractivity contribution in [3.05, 3.63) is 48.6 Å². The van der Waals surface area contributed by atoms with Crippen molar-refractivity contribution >= 4 is 11.9 Å². The zero-order chi connectivity index (χ0) is 18.5. The first kappa shape index (κ1) is 20.9. The number of hydrogen-bond acceptors (Lipinski definition) is 4. The highest BCUT2D eigenvalue weighted by molar-refractivity contribution is 5.87. The Morgan fingerprint density at radius 2 is 1.80 bits per heavy atom. The van der Waals surface area contributed by atoms with Gasteiger partial charge in [-0.25, -0.2) is 4.79 Å². The van der Waals surface area contributed by atoms with Crippen LogP contribution >= 0.6 is 0 Å². The van der Waals surface area contributed by atoms with Gasteiger partial charge < -0.3 is 14.8 Å². The van der Waals surface area contributed by atoms with Gasteiger partial charge in [-0.15, -0.1) is 6.58 Å². The zero-order valence-electron chi connectivity index (χ0n) is 15.2. The molecule has 138 valence electrons. The molecule has 0 bridgehead atoms. The largest absolute Gasteiger partial charge is 0.467 e. The van der Waals surface area contributed by atoms with E-state index in [-0.39, 0.29) is 5.91 Å². The molecule has 0 aliphatic rings. The number of esters is 1. The van der Waals surface area contributed by atoms with E-state index in [0.29, 0.717) is 6.42 Å². The maximum absolute atomic E-state index is 12.5. The molecule has 25 heavy (non-hydrogen) atoms. The number of rotatable bonds is 12. The number of carbonyl (C=O) groups excluding carboxylic acids is 2. The second-order valence-electron chi connectivity index (χ2n) is 5.89. The fourth-order valence-electron chi connectivity index (χ4n) is 2.65. The van der Waals surface area contributed by atoms with E-state index in [1.165, 1.54) is 14.2 Å². The summed E-state index contributed by atoms with van der Waals surface area (Å²) >= 11 is 0. The molecule has 5 nitrogen and oxygen atoms in total. The Kier molecular flexibility index (Phi) is 10.2. The zero-order valence-corrected chi connectivity index (χ0v) is 15.2. The van der Waals surface area contributed by atoms with Crippen LogP contribution in [-0.2, 0) is 19.1 Å². The minimum Gasteiger partial charge on any atom is -0.467 e. The van der Waals surface area contributed by atoms with E-state index in [0.717, 1.165) is 37.7 Å². The van der Waals surface area contributed by atoms with Crippen molar-refractivity contribution in [3.8, 4) is 0 Å². The standard InChI is InChI=1S/C20H29NO4/c1-4-5-6-7-8-12-15-17(20(23)25-3)21-19(22)18(24-2)16-13-10-9-11-14-16/h4,9-11,13-14,17-18H,1,5-8,12,15H2,2-3H3,(H,21,22)/t17-,18+/m1/s1. The molecular weight excluding hydrogens is 318 g/mol. The summed E-state index contributed by atoms with van der Waals surface area (Å²) in [6.45, 7) is 3.70. The van der Waals surface area contributed by atoms with Crippen molar-refractivity contribution in [2.24, 2.45) is 0 Å². The van der Waals surface area contributed by atoms with E-state index < -0.39 is 18.1 Å². The quantitative estimate of drug-likeness (QED) is 0.357. The summed E-state index contributed by atoms with van der Waals surface area (Å²) in [5.74, 6) is -0.766. The number of ether oxygens (including phenoxy) is 2. The molecular formula is C20H29NO4. The number of methoxy groups -OCH3 is 2. The number of amides is 1. The van der Waals surface area contributed by atoms with Crippen LogP contribution in [0.25, 0.3) is 0 Å². The van der Waals surface area contributed by atoms with E-state index in [2.05, 4.69) is 11.9 Å². The molecule has 0 aliphatic heterocycles. The molecule has 1 aromatic carbocycles. The molecule has 1 amide bonds. The molecule has 0 radical (unpaired) electrons. The van der Waals surface area contributed by atoms with Crippen LogP contribution in [0, 0.1) is 0 Å². The minimum atomic E-state index is -0.749. The summed E-state index contributed by atoms with van der Waals surface area (Å²) < 4.78 is 10.1. The van der Waals surface area contributed by atoms with Crippen LogP contribution in [0.3, 0.4) is 0 Å². The van der Waals surface area contributed by atoms with E-state index in [1.54, 1.807) is 0 Å². The lowest BCUT2D eigenvalue weighted by atomic mass is 10.0. The van der Waals surface area contributed by atoms with Crippen molar-refractivity contribution in [2.45, 2.75) is 50.7 Å². The highest BCUT2D eigenvalue weighted by Crippen LogP contribution is 2.17. The Hall–Kier alpha value is -2.14. The van der Waals surface area contributed by atoms with Crippen LogP contribution in [0.15, 0.2) is 43.0 Å². The first-order valence-electron chi connectivity index (χ1n) is 8.70. The van der Waals surface area contributed by atoms with Crippen molar-refractivity contribution in [2.75, 3.05) is 14.2 Å². The first-order valence-corrected chi connectivity index (χ1v) is 8.70. The van der Waals surface area contributed by atoms with Gasteiger partial charge in [0.25, 0.3) is 5.91 Å². The predicted molar refractivity (Wildman–Crippen MR) is 98.0 cm³/mol. The molecule has 5 heteroatoms. The summed E-state index contributed by atoms with van der Waals surface area (Å²) in [4.78, 5) is 24.5. The van der Waals surface area contributed by atoms with Gasteiger partial charge in [-0.05, 0) is 24.8 Å². The maximum Gasteiger partial charge on any atom is 0.328 e. The van der Waals surface area contributed by atoms with Crippen LogP contribution in [0.1, 0.15) is 50.2 Å². The monoisotopic (exact) mass is 347 g/mol. The summed E-state index contributed by atoms with van der Waals surface area (Å²) in [5, 5.41) is 2.76. The minimum absolute atomic E-state index is 0.337.